The zero-order chi connectivity index (χ0) is 20.2. The minimum atomic E-state index is -4.09. The van der Waals surface area contributed by atoms with Crippen LogP contribution in [0.25, 0.3) is 10.4 Å². The summed E-state index contributed by atoms with van der Waals surface area (Å²) in [6.45, 7) is 3.75. The van der Waals surface area contributed by atoms with Crippen LogP contribution in [0.1, 0.15) is 42.6 Å². The second-order valence-electron chi connectivity index (χ2n) is 7.28. The van der Waals surface area contributed by atoms with Crippen LogP contribution in [0, 0.1) is 5.92 Å². The molecular formula is C18H20N4O4S2. The number of amides is 2. The highest BCUT2D eigenvalue weighted by atomic mass is 32.2. The van der Waals surface area contributed by atoms with Crippen LogP contribution in [-0.2, 0) is 21.4 Å². The number of thiazole rings is 1. The van der Waals surface area contributed by atoms with E-state index >= 15 is 0 Å². The van der Waals surface area contributed by atoms with Gasteiger partial charge in [-0.2, -0.15) is 0 Å². The predicted octanol–water partition coefficient (Wildman–Crippen LogP) is 2.17. The Morgan fingerprint density at radius 2 is 2.11 bits per heavy atom. The summed E-state index contributed by atoms with van der Waals surface area (Å²) in [5.41, 5.74) is 1.42. The van der Waals surface area contributed by atoms with Crippen LogP contribution in [0.3, 0.4) is 0 Å². The van der Waals surface area contributed by atoms with Crippen molar-refractivity contribution in [1.82, 2.24) is 9.88 Å². The number of anilines is 1. The highest BCUT2D eigenvalue weighted by Crippen LogP contribution is 2.41. The van der Waals surface area contributed by atoms with Gasteiger partial charge in [0.25, 0.3) is 5.91 Å². The van der Waals surface area contributed by atoms with Crippen molar-refractivity contribution in [1.29, 1.82) is 0 Å². The molecule has 1 fully saturated rings. The van der Waals surface area contributed by atoms with Crippen molar-refractivity contribution in [2.24, 2.45) is 11.1 Å². The average molecular weight is 421 g/mol. The summed E-state index contributed by atoms with van der Waals surface area (Å²) in [6, 6.07) is 3.29. The lowest BCUT2D eigenvalue weighted by Gasteiger charge is -2.24. The molecule has 1 aliphatic carbocycles. The molecule has 2 aromatic rings. The molecule has 148 valence electrons. The number of hydrogen-bond acceptors (Lipinski definition) is 6. The first-order chi connectivity index (χ1) is 13.1. The maximum absolute atomic E-state index is 13.0. The van der Waals surface area contributed by atoms with E-state index in [1.165, 1.54) is 24.3 Å². The Bertz CT molecular complexity index is 1090. The maximum Gasteiger partial charge on any atom is 0.256 e. The number of nitrogens with one attached hydrogen (secondary N) is 1. The fourth-order valence-corrected chi connectivity index (χ4v) is 5.23. The molecule has 2 aliphatic rings. The molecule has 0 unspecified atom stereocenters. The molecule has 0 saturated heterocycles. The number of sulfonamides is 1. The summed E-state index contributed by atoms with van der Waals surface area (Å²) in [4.78, 5) is 30.6. The number of carbonyl (C=O) groups is 2. The van der Waals surface area contributed by atoms with Gasteiger partial charge in [-0.1, -0.05) is 11.3 Å². The van der Waals surface area contributed by atoms with E-state index in [2.05, 4.69) is 10.3 Å². The van der Waals surface area contributed by atoms with Gasteiger partial charge in [0.2, 0.25) is 15.9 Å². The first-order valence-corrected chi connectivity index (χ1v) is 11.3. The smallest absolute Gasteiger partial charge is 0.256 e. The number of nitrogens with two attached hydrogens (primary N) is 1. The Kier molecular flexibility index (Phi) is 4.52. The molecule has 8 nitrogen and oxygen atoms in total. The Labute approximate surface area is 166 Å². The largest absolute Gasteiger partial charge is 0.331 e. The number of primary sulfonamides is 1. The molecule has 1 saturated carbocycles. The number of hydrogen-bond donors (Lipinski definition) is 2. The van der Waals surface area contributed by atoms with Crippen molar-refractivity contribution in [2.75, 3.05) is 5.32 Å². The van der Waals surface area contributed by atoms with Gasteiger partial charge in [0, 0.05) is 25.7 Å². The Hall–Kier alpha value is -2.30. The number of nitrogens with zero attached hydrogens (tertiary/aromatic N) is 2. The lowest BCUT2D eigenvalue weighted by molar-refractivity contribution is -0.114. The van der Waals surface area contributed by atoms with Gasteiger partial charge in [-0.05, 0) is 48.9 Å². The number of rotatable bonds is 5. The van der Waals surface area contributed by atoms with Gasteiger partial charge in [0.1, 0.15) is 0 Å². The van der Waals surface area contributed by atoms with Gasteiger partial charge < -0.3 is 10.2 Å². The van der Waals surface area contributed by atoms with E-state index in [1.807, 2.05) is 13.0 Å². The molecule has 28 heavy (non-hydrogen) atoms. The summed E-state index contributed by atoms with van der Waals surface area (Å²) < 4.78 is 24.5. The predicted molar refractivity (Wildman–Crippen MR) is 105 cm³/mol. The maximum atomic E-state index is 13.0. The van der Waals surface area contributed by atoms with Crippen LogP contribution in [-0.4, -0.2) is 36.2 Å². The highest BCUT2D eigenvalue weighted by molar-refractivity contribution is 7.89. The third-order valence-corrected chi connectivity index (χ3v) is 7.07. The average Bonchev–Trinajstić information content (AvgIpc) is 3.27. The molecule has 1 aliphatic heterocycles. The minimum absolute atomic E-state index is 0.0615. The van der Waals surface area contributed by atoms with Gasteiger partial charge >= 0.3 is 0 Å². The van der Waals surface area contributed by atoms with Crippen LogP contribution in [0.15, 0.2) is 23.2 Å². The normalized spacial score (nSPS) is 17.5. The molecule has 1 aromatic heterocycles. The third kappa shape index (κ3) is 3.43. The Balaban J connectivity index is 1.78. The molecule has 1 aromatic carbocycles. The van der Waals surface area contributed by atoms with Crippen LogP contribution in [0.5, 0.6) is 0 Å². The van der Waals surface area contributed by atoms with Crippen LogP contribution >= 0.6 is 11.3 Å². The second kappa shape index (κ2) is 6.64. The highest BCUT2D eigenvalue weighted by Gasteiger charge is 2.41. The van der Waals surface area contributed by atoms with Crippen molar-refractivity contribution >= 4 is 38.3 Å². The summed E-state index contributed by atoms with van der Waals surface area (Å²) in [5.74, 6) is -0.0547. The number of fused-ring (bicyclic) bond motifs is 1. The molecule has 1 atom stereocenters. The lowest BCUT2D eigenvalue weighted by Crippen LogP contribution is -2.35. The van der Waals surface area contributed by atoms with Crippen molar-refractivity contribution in [2.45, 2.75) is 44.2 Å². The standard InChI is InChI=1S/C18H20N4O4S2/c1-9(11-3-4-11)22-8-13-5-12(14-7-20-18(27-14)21-10(2)23)6-15(28(19,25)26)16(13)17(22)24/h5-7,9,11H,3-4,8H2,1-2H3,(H2,19,25,26)(H,20,21,23)/t9-/m0/s1. The van der Waals surface area contributed by atoms with E-state index in [4.69, 9.17) is 5.14 Å². The van der Waals surface area contributed by atoms with Crippen LogP contribution < -0.4 is 10.5 Å². The van der Waals surface area contributed by atoms with Gasteiger partial charge in [-0.15, -0.1) is 0 Å². The van der Waals surface area contributed by atoms with Crippen LogP contribution in [0.2, 0.25) is 0 Å². The molecule has 10 heteroatoms. The molecule has 3 N–H and O–H groups in total. The van der Waals surface area contributed by atoms with E-state index in [-0.39, 0.29) is 28.3 Å². The molecular weight excluding hydrogens is 400 g/mol. The first-order valence-electron chi connectivity index (χ1n) is 8.89. The summed E-state index contributed by atoms with van der Waals surface area (Å²) in [7, 11) is -4.09. The molecule has 0 radical (unpaired) electrons. The van der Waals surface area contributed by atoms with Gasteiger partial charge in [0.05, 0.1) is 15.3 Å². The van der Waals surface area contributed by atoms with Crippen molar-refractivity contribution in [3.05, 3.63) is 29.5 Å². The number of carbonyl (C=O) groups excluding carboxylic acids is 2. The lowest BCUT2D eigenvalue weighted by atomic mass is 10.1. The molecule has 4 rings (SSSR count). The van der Waals surface area contributed by atoms with Gasteiger partial charge in [-0.25, -0.2) is 18.5 Å². The molecule has 2 heterocycles. The fraction of sp³-hybridized carbons (Fsp3) is 0.389. The molecule has 0 spiro atoms. The molecule has 2 amide bonds. The first kappa shape index (κ1) is 19.0. The minimum Gasteiger partial charge on any atom is -0.331 e. The SMILES string of the molecule is CC(=O)Nc1ncc(-c2cc3c(c(S(N)(=O)=O)c2)C(=O)N([C@@H](C)C2CC2)C3)s1. The number of benzene rings is 1. The monoisotopic (exact) mass is 420 g/mol. The molecule has 0 bridgehead atoms. The van der Waals surface area contributed by atoms with E-state index in [0.29, 0.717) is 33.6 Å². The fourth-order valence-electron chi connectivity index (χ4n) is 3.58. The van der Waals surface area contributed by atoms with Crippen molar-refractivity contribution < 1.29 is 18.0 Å². The van der Waals surface area contributed by atoms with E-state index in [0.717, 1.165) is 12.8 Å². The second-order valence-corrected chi connectivity index (χ2v) is 9.84. The van der Waals surface area contributed by atoms with Crippen molar-refractivity contribution in [3.8, 4) is 10.4 Å². The van der Waals surface area contributed by atoms with E-state index < -0.39 is 10.0 Å². The summed E-state index contributed by atoms with van der Waals surface area (Å²) >= 11 is 1.22. The summed E-state index contributed by atoms with van der Waals surface area (Å²) in [6.07, 6.45) is 3.73. The summed E-state index contributed by atoms with van der Waals surface area (Å²) in [5, 5.41) is 8.46. The zero-order valence-electron chi connectivity index (χ0n) is 15.4. The third-order valence-electron chi connectivity index (χ3n) is 5.17. The Morgan fingerprint density at radius 3 is 2.71 bits per heavy atom. The van der Waals surface area contributed by atoms with E-state index in [9.17, 15) is 18.0 Å². The van der Waals surface area contributed by atoms with Crippen molar-refractivity contribution in [3.63, 3.8) is 0 Å². The quantitative estimate of drug-likeness (QED) is 0.767. The van der Waals surface area contributed by atoms with Gasteiger partial charge in [-0.3, -0.25) is 9.59 Å². The topological polar surface area (TPSA) is 122 Å². The zero-order valence-corrected chi connectivity index (χ0v) is 17.1. The van der Waals surface area contributed by atoms with Crippen LogP contribution in [0.4, 0.5) is 5.13 Å². The van der Waals surface area contributed by atoms with Gasteiger partial charge in [0.15, 0.2) is 5.13 Å². The van der Waals surface area contributed by atoms with E-state index in [1.54, 1.807) is 11.1 Å². The number of aromatic nitrogens is 1. The Morgan fingerprint density at radius 1 is 1.39 bits per heavy atom.